The van der Waals surface area contributed by atoms with Crippen molar-refractivity contribution in [1.29, 1.82) is 0 Å². The van der Waals surface area contributed by atoms with Crippen molar-refractivity contribution in [1.82, 2.24) is 9.80 Å². The zero-order chi connectivity index (χ0) is 22.1. The van der Waals surface area contributed by atoms with Crippen LogP contribution in [0.1, 0.15) is 50.0 Å². The summed E-state index contributed by atoms with van der Waals surface area (Å²) in [4.78, 5) is 17.2. The molecule has 5 nitrogen and oxygen atoms in total. The Morgan fingerprint density at radius 1 is 0.938 bits per heavy atom. The van der Waals surface area contributed by atoms with Crippen molar-refractivity contribution in [2.45, 2.75) is 62.6 Å². The predicted molar refractivity (Wildman–Crippen MR) is 129 cm³/mol. The topological polar surface area (TPSA) is 44.8 Å². The van der Waals surface area contributed by atoms with Gasteiger partial charge in [0.2, 0.25) is 0 Å². The molecule has 0 saturated carbocycles. The maximum absolute atomic E-state index is 12.7. The quantitative estimate of drug-likeness (QED) is 0.640. The maximum atomic E-state index is 12.7. The van der Waals surface area contributed by atoms with E-state index < -0.39 is 0 Å². The minimum Gasteiger partial charge on any atom is -0.490 e. The number of hydrogen-bond acceptors (Lipinski definition) is 3. The lowest BCUT2D eigenvalue weighted by Gasteiger charge is -2.36. The van der Waals surface area contributed by atoms with Crippen molar-refractivity contribution in [2.24, 2.45) is 0 Å². The zero-order valence-electron chi connectivity index (χ0n) is 18.7. The van der Waals surface area contributed by atoms with Crippen LogP contribution >= 0.6 is 11.6 Å². The highest BCUT2D eigenvalue weighted by atomic mass is 35.5. The van der Waals surface area contributed by atoms with Crippen LogP contribution < -0.4 is 10.1 Å². The minimum atomic E-state index is -0.0277. The number of nitrogens with one attached hydrogen (secondary N) is 1. The number of ether oxygens (including phenoxy) is 1. The monoisotopic (exact) mass is 453 g/mol. The smallest absolute Gasteiger partial charge is 0.321 e. The van der Waals surface area contributed by atoms with Crippen LogP contribution in [0.25, 0.3) is 0 Å². The number of rotatable bonds is 4. The third-order valence-electron chi connectivity index (χ3n) is 7.59. The fraction of sp³-hybridized carbons (Fsp3) is 0.500. The Kier molecular flexibility index (Phi) is 6.29. The number of fused-ring (bicyclic) bond motifs is 2. The molecule has 2 aromatic rings. The average Bonchev–Trinajstić information content (AvgIpc) is 3.01. The fourth-order valence-corrected chi connectivity index (χ4v) is 5.75. The van der Waals surface area contributed by atoms with E-state index in [1.165, 1.54) is 18.4 Å². The first kappa shape index (κ1) is 21.6. The molecule has 5 rings (SSSR count). The van der Waals surface area contributed by atoms with Crippen molar-refractivity contribution in [3.63, 3.8) is 0 Å². The molecule has 0 unspecified atom stereocenters. The van der Waals surface area contributed by atoms with Gasteiger partial charge in [-0.05, 0) is 93.5 Å². The molecule has 1 N–H and O–H groups in total. The van der Waals surface area contributed by atoms with Gasteiger partial charge in [-0.3, -0.25) is 0 Å². The molecule has 170 valence electrons. The Bertz CT molecular complexity index is 911. The molecule has 2 bridgehead atoms. The van der Waals surface area contributed by atoms with Gasteiger partial charge >= 0.3 is 6.03 Å². The first-order chi connectivity index (χ1) is 15.5. The Morgan fingerprint density at radius 3 is 2.19 bits per heavy atom. The van der Waals surface area contributed by atoms with E-state index in [4.69, 9.17) is 16.3 Å². The van der Waals surface area contributed by atoms with Crippen molar-refractivity contribution < 1.29 is 9.53 Å². The number of carbonyl (C=O) groups excluding carboxylic acids is 1. The average molecular weight is 454 g/mol. The van der Waals surface area contributed by atoms with E-state index in [0.29, 0.717) is 24.1 Å². The van der Waals surface area contributed by atoms with Crippen LogP contribution in [0.5, 0.6) is 5.75 Å². The normalized spacial score (nSPS) is 26.2. The largest absolute Gasteiger partial charge is 0.490 e. The number of nitrogens with zero attached hydrogens (tertiary/aromatic N) is 2. The Morgan fingerprint density at radius 2 is 1.56 bits per heavy atom. The molecular weight excluding hydrogens is 422 g/mol. The number of anilines is 1. The lowest BCUT2D eigenvalue weighted by molar-refractivity contribution is 0.0662. The molecule has 0 aliphatic carbocycles. The Balaban J connectivity index is 1.10. The standard InChI is InChI=1S/C26H32ClN3O2/c1-29-22-8-9-23(29)17-25(16-22)32-24-10-6-21(7-11-24)28-26(31)30-14-12-19(13-15-30)18-2-4-20(27)5-3-18/h2-7,10-11,19,22-23,25H,8-9,12-17H2,1H3,(H,28,31)/t22-,23+,25-. The number of urea groups is 1. The minimum absolute atomic E-state index is 0.0277. The summed E-state index contributed by atoms with van der Waals surface area (Å²) in [5.41, 5.74) is 2.12. The SMILES string of the molecule is CN1[C@@H]2CC[C@H]1C[C@H](Oc1ccc(NC(=O)N3CCC(c4ccc(Cl)cc4)CC3)cc1)C2. The van der Waals surface area contributed by atoms with Crippen LogP contribution in [0.2, 0.25) is 5.02 Å². The van der Waals surface area contributed by atoms with Crippen molar-refractivity contribution in [2.75, 3.05) is 25.5 Å². The third-order valence-corrected chi connectivity index (χ3v) is 7.84. The van der Waals surface area contributed by atoms with Gasteiger partial charge in [0.25, 0.3) is 0 Å². The number of halogens is 1. The molecular formula is C26H32ClN3O2. The zero-order valence-corrected chi connectivity index (χ0v) is 19.4. The number of carbonyl (C=O) groups is 1. The van der Waals surface area contributed by atoms with Crippen molar-refractivity contribution in [3.05, 3.63) is 59.1 Å². The van der Waals surface area contributed by atoms with Gasteiger partial charge in [-0.25, -0.2) is 4.79 Å². The third kappa shape index (κ3) is 4.74. The summed E-state index contributed by atoms with van der Waals surface area (Å²) in [6.45, 7) is 1.53. The summed E-state index contributed by atoms with van der Waals surface area (Å²) >= 11 is 6.00. The Labute approximate surface area is 195 Å². The van der Waals surface area contributed by atoms with E-state index in [9.17, 15) is 4.79 Å². The summed E-state index contributed by atoms with van der Waals surface area (Å²) in [5, 5.41) is 3.81. The van der Waals surface area contributed by atoms with Crippen LogP contribution in [0.15, 0.2) is 48.5 Å². The summed E-state index contributed by atoms with van der Waals surface area (Å²) < 4.78 is 6.26. The predicted octanol–water partition coefficient (Wildman–Crippen LogP) is 5.76. The van der Waals surface area contributed by atoms with E-state index in [1.54, 1.807) is 0 Å². The second kappa shape index (κ2) is 9.32. The second-order valence-electron chi connectivity index (χ2n) is 9.53. The van der Waals surface area contributed by atoms with Gasteiger partial charge in [0.05, 0.1) is 0 Å². The van der Waals surface area contributed by atoms with Gasteiger partial charge in [-0.2, -0.15) is 0 Å². The maximum Gasteiger partial charge on any atom is 0.321 e. The van der Waals surface area contributed by atoms with Crippen LogP contribution in [0.4, 0.5) is 10.5 Å². The van der Waals surface area contributed by atoms with Gasteiger partial charge in [0.1, 0.15) is 11.9 Å². The molecule has 3 aliphatic rings. The van der Waals surface area contributed by atoms with Crippen LogP contribution in [-0.2, 0) is 0 Å². The van der Waals surface area contributed by atoms with Crippen molar-refractivity contribution >= 4 is 23.3 Å². The molecule has 32 heavy (non-hydrogen) atoms. The Hall–Kier alpha value is -2.24. The van der Waals surface area contributed by atoms with Gasteiger partial charge < -0.3 is 19.9 Å². The van der Waals surface area contributed by atoms with Crippen LogP contribution in [0, 0.1) is 0 Å². The molecule has 3 saturated heterocycles. The second-order valence-corrected chi connectivity index (χ2v) is 9.97. The molecule has 3 fully saturated rings. The number of benzene rings is 2. The number of likely N-dealkylation sites (tertiary alicyclic amines) is 1. The summed E-state index contributed by atoms with van der Waals surface area (Å²) in [5.74, 6) is 1.38. The molecule has 2 aromatic carbocycles. The first-order valence-corrected chi connectivity index (χ1v) is 12.2. The molecule has 2 amide bonds. The van der Waals surface area contributed by atoms with Gasteiger partial charge in [-0.1, -0.05) is 23.7 Å². The summed E-state index contributed by atoms with van der Waals surface area (Å²) in [6.07, 6.45) is 7.05. The van der Waals surface area contributed by atoms with Crippen molar-refractivity contribution in [3.8, 4) is 5.75 Å². The van der Waals surface area contributed by atoms with E-state index in [2.05, 4.69) is 29.4 Å². The first-order valence-electron chi connectivity index (χ1n) is 11.9. The van der Waals surface area contributed by atoms with E-state index in [0.717, 1.165) is 55.2 Å². The van der Waals surface area contributed by atoms with E-state index >= 15 is 0 Å². The highest BCUT2D eigenvalue weighted by Crippen LogP contribution is 2.36. The van der Waals surface area contributed by atoms with E-state index in [-0.39, 0.29) is 6.03 Å². The molecule has 6 heteroatoms. The fourth-order valence-electron chi connectivity index (χ4n) is 5.62. The lowest BCUT2D eigenvalue weighted by Crippen LogP contribution is -2.43. The van der Waals surface area contributed by atoms with Gasteiger partial charge in [0, 0.05) is 35.9 Å². The van der Waals surface area contributed by atoms with E-state index in [1.807, 2.05) is 41.3 Å². The summed E-state index contributed by atoms with van der Waals surface area (Å²) in [7, 11) is 2.25. The molecule has 3 heterocycles. The lowest BCUT2D eigenvalue weighted by atomic mass is 9.89. The molecule has 0 radical (unpaired) electrons. The molecule has 3 atom stereocenters. The van der Waals surface area contributed by atoms with Gasteiger partial charge in [0.15, 0.2) is 0 Å². The van der Waals surface area contributed by atoms with Gasteiger partial charge in [-0.15, -0.1) is 0 Å². The highest BCUT2D eigenvalue weighted by Gasteiger charge is 2.39. The van der Waals surface area contributed by atoms with Crippen LogP contribution in [0.3, 0.4) is 0 Å². The highest BCUT2D eigenvalue weighted by molar-refractivity contribution is 6.30. The van der Waals surface area contributed by atoms with Crippen LogP contribution in [-0.4, -0.2) is 54.2 Å². The number of amides is 2. The molecule has 0 aromatic heterocycles. The summed E-state index contributed by atoms with van der Waals surface area (Å²) in [6, 6.07) is 17.2. The number of hydrogen-bond donors (Lipinski definition) is 1. The molecule has 0 spiro atoms. The molecule has 3 aliphatic heterocycles. The number of piperidine rings is 2.